The fraction of sp³-hybridized carbons (Fsp3) is 0.462. The Morgan fingerprint density at radius 3 is 2.84 bits per heavy atom. The van der Waals surface area contributed by atoms with Crippen LogP contribution in [0.4, 0.5) is 4.39 Å². The third-order valence-electron chi connectivity index (χ3n) is 3.12. The van der Waals surface area contributed by atoms with Gasteiger partial charge in [0.05, 0.1) is 20.5 Å². The lowest BCUT2D eigenvalue weighted by atomic mass is 10.2. The summed E-state index contributed by atoms with van der Waals surface area (Å²) in [4.78, 5) is 4.53. The molecule has 0 N–H and O–H groups in total. The van der Waals surface area contributed by atoms with Crippen molar-refractivity contribution in [3.63, 3.8) is 0 Å². The molecule has 2 rings (SSSR count). The van der Waals surface area contributed by atoms with Crippen molar-refractivity contribution in [3.05, 3.63) is 27.3 Å². The molecule has 2 nitrogen and oxygen atoms in total. The number of benzene rings is 1. The van der Waals surface area contributed by atoms with Gasteiger partial charge in [-0.2, -0.15) is 11.8 Å². The maximum Gasteiger partial charge on any atom is 0.138 e. The van der Waals surface area contributed by atoms with E-state index in [1.165, 1.54) is 0 Å². The van der Waals surface area contributed by atoms with E-state index in [1.807, 2.05) is 22.6 Å². The zero-order valence-electron chi connectivity index (χ0n) is 10.8. The van der Waals surface area contributed by atoms with Crippen molar-refractivity contribution in [3.8, 4) is 0 Å². The molecule has 0 spiro atoms. The molecule has 0 radical (unpaired) electrons. The normalized spacial score (nSPS) is 13.1. The molecule has 0 fully saturated rings. The molecule has 1 aromatic heterocycles. The summed E-state index contributed by atoms with van der Waals surface area (Å²) >= 11 is 9.77. The van der Waals surface area contributed by atoms with Gasteiger partial charge in [0, 0.05) is 17.9 Å². The first-order valence-electron chi connectivity index (χ1n) is 6.03. The number of alkyl halides is 1. The van der Waals surface area contributed by atoms with Crippen molar-refractivity contribution in [1.82, 2.24) is 9.55 Å². The Morgan fingerprint density at radius 1 is 1.53 bits per heavy atom. The van der Waals surface area contributed by atoms with Crippen LogP contribution in [0, 0.1) is 9.39 Å². The lowest BCUT2D eigenvalue weighted by Gasteiger charge is -2.19. The first kappa shape index (κ1) is 15.4. The molecule has 0 aliphatic heterocycles. The van der Waals surface area contributed by atoms with Crippen molar-refractivity contribution < 1.29 is 4.39 Å². The molecule has 6 heteroatoms. The minimum Gasteiger partial charge on any atom is -0.323 e. The highest BCUT2D eigenvalue weighted by atomic mass is 127. The fourth-order valence-electron chi connectivity index (χ4n) is 2.21. The number of fused-ring (bicyclic) bond motifs is 1. The summed E-state index contributed by atoms with van der Waals surface area (Å²) < 4.78 is 16.5. The van der Waals surface area contributed by atoms with Crippen LogP contribution in [0.5, 0.6) is 0 Å². The number of imidazole rings is 1. The largest absolute Gasteiger partial charge is 0.323 e. The lowest BCUT2D eigenvalue weighted by molar-refractivity contribution is 0.537. The molecule has 1 atom stereocenters. The highest BCUT2D eigenvalue weighted by molar-refractivity contribution is 14.1. The van der Waals surface area contributed by atoms with E-state index in [9.17, 15) is 4.39 Å². The molecule has 0 bridgehead atoms. The van der Waals surface area contributed by atoms with Crippen LogP contribution in [0.2, 0.25) is 0 Å². The zero-order chi connectivity index (χ0) is 14.0. The standard InChI is InChI=1S/C13H15ClFIN2S/c1-3-8(7-19-2)18-12-4-9(15)10(16)5-11(12)17-13(18)6-14/h4-5,8H,3,6-7H2,1-2H3. The summed E-state index contributed by atoms with van der Waals surface area (Å²) in [6, 6.07) is 3.65. The molecule has 0 aliphatic carbocycles. The van der Waals surface area contributed by atoms with Crippen LogP contribution in [-0.2, 0) is 5.88 Å². The number of nitrogens with zero attached hydrogens (tertiary/aromatic N) is 2. The molecule has 1 unspecified atom stereocenters. The Morgan fingerprint density at radius 2 is 2.26 bits per heavy atom. The molecular formula is C13H15ClFIN2S. The number of aromatic nitrogens is 2. The van der Waals surface area contributed by atoms with Crippen LogP contribution in [-0.4, -0.2) is 21.6 Å². The Labute approximate surface area is 135 Å². The van der Waals surface area contributed by atoms with Gasteiger partial charge < -0.3 is 4.57 Å². The molecule has 104 valence electrons. The molecule has 1 aromatic carbocycles. The summed E-state index contributed by atoms with van der Waals surface area (Å²) in [6.07, 6.45) is 3.05. The Balaban J connectivity index is 2.65. The van der Waals surface area contributed by atoms with Crippen molar-refractivity contribution in [2.45, 2.75) is 25.3 Å². The lowest BCUT2D eigenvalue weighted by Crippen LogP contribution is -2.13. The van der Waals surface area contributed by atoms with Gasteiger partial charge in [0.1, 0.15) is 11.6 Å². The van der Waals surface area contributed by atoms with Crippen molar-refractivity contribution >= 4 is 57.0 Å². The van der Waals surface area contributed by atoms with Gasteiger partial charge in [-0.15, -0.1) is 11.6 Å². The topological polar surface area (TPSA) is 17.8 Å². The second kappa shape index (κ2) is 6.63. The van der Waals surface area contributed by atoms with Gasteiger partial charge in [0.2, 0.25) is 0 Å². The van der Waals surface area contributed by atoms with Gasteiger partial charge in [-0.3, -0.25) is 0 Å². The molecule has 0 aliphatic rings. The SMILES string of the molecule is CCC(CSC)n1c(CCl)nc2cc(I)c(F)cc21. The number of halogens is 3. The summed E-state index contributed by atoms with van der Waals surface area (Å²) in [5.41, 5.74) is 1.66. The van der Waals surface area contributed by atoms with Crippen LogP contribution in [0.1, 0.15) is 25.2 Å². The monoisotopic (exact) mass is 412 g/mol. The Hall–Kier alpha value is -0.0100. The number of thioether (sulfide) groups is 1. The van der Waals surface area contributed by atoms with Crippen molar-refractivity contribution in [2.24, 2.45) is 0 Å². The van der Waals surface area contributed by atoms with E-state index in [1.54, 1.807) is 23.9 Å². The molecule has 1 heterocycles. The quantitative estimate of drug-likeness (QED) is 0.517. The smallest absolute Gasteiger partial charge is 0.138 e. The van der Waals surface area contributed by atoms with Crippen LogP contribution in [0.15, 0.2) is 12.1 Å². The van der Waals surface area contributed by atoms with Gasteiger partial charge in [-0.25, -0.2) is 9.37 Å². The summed E-state index contributed by atoms with van der Waals surface area (Å²) in [5, 5.41) is 0. The fourth-order valence-corrected chi connectivity index (χ4v) is 3.62. The average molecular weight is 413 g/mol. The minimum atomic E-state index is -0.200. The van der Waals surface area contributed by atoms with Gasteiger partial charge in [-0.1, -0.05) is 6.92 Å². The highest BCUT2D eigenvalue weighted by Crippen LogP contribution is 2.28. The minimum absolute atomic E-state index is 0.200. The van der Waals surface area contributed by atoms with Crippen molar-refractivity contribution in [1.29, 1.82) is 0 Å². The van der Waals surface area contributed by atoms with Gasteiger partial charge >= 0.3 is 0 Å². The molecular weight excluding hydrogens is 398 g/mol. The highest BCUT2D eigenvalue weighted by Gasteiger charge is 2.18. The first-order chi connectivity index (χ1) is 9.12. The molecule has 2 aromatic rings. The average Bonchev–Trinajstić information content (AvgIpc) is 2.74. The number of hydrogen-bond acceptors (Lipinski definition) is 2. The molecule has 0 saturated carbocycles. The third kappa shape index (κ3) is 3.03. The van der Waals surface area contributed by atoms with Crippen LogP contribution < -0.4 is 0 Å². The van der Waals surface area contributed by atoms with Crippen LogP contribution in [0.25, 0.3) is 11.0 Å². The third-order valence-corrected chi connectivity index (χ3v) is 4.90. The summed E-state index contributed by atoms with van der Waals surface area (Å²) in [7, 11) is 0. The molecule has 0 saturated heterocycles. The van der Waals surface area contributed by atoms with E-state index in [0.717, 1.165) is 29.0 Å². The second-order valence-electron chi connectivity index (χ2n) is 4.30. The number of rotatable bonds is 5. The Kier molecular flexibility index (Phi) is 5.37. The van der Waals surface area contributed by atoms with Gasteiger partial charge in [-0.05, 0) is 41.3 Å². The van der Waals surface area contributed by atoms with Crippen LogP contribution in [0.3, 0.4) is 0 Å². The van der Waals surface area contributed by atoms with E-state index >= 15 is 0 Å². The first-order valence-corrected chi connectivity index (χ1v) is 9.03. The summed E-state index contributed by atoms with van der Waals surface area (Å²) in [5.74, 6) is 1.94. The molecule has 0 amide bonds. The predicted octanol–water partition coefficient (Wildman–Crippen LogP) is 4.83. The van der Waals surface area contributed by atoms with Gasteiger partial charge in [0.25, 0.3) is 0 Å². The van der Waals surface area contributed by atoms with E-state index in [4.69, 9.17) is 11.6 Å². The predicted molar refractivity (Wildman–Crippen MR) is 89.7 cm³/mol. The Bertz CT molecular complexity index is 588. The van der Waals surface area contributed by atoms with E-state index in [2.05, 4.69) is 22.7 Å². The maximum atomic E-state index is 13.8. The number of hydrogen-bond donors (Lipinski definition) is 0. The second-order valence-corrected chi connectivity index (χ2v) is 6.64. The molecule has 19 heavy (non-hydrogen) atoms. The zero-order valence-corrected chi connectivity index (χ0v) is 14.5. The van der Waals surface area contributed by atoms with Crippen LogP contribution >= 0.6 is 46.0 Å². The summed E-state index contributed by atoms with van der Waals surface area (Å²) in [6.45, 7) is 2.13. The maximum absolute atomic E-state index is 13.8. The van der Waals surface area contributed by atoms with E-state index < -0.39 is 0 Å². The van der Waals surface area contributed by atoms with Gasteiger partial charge in [0.15, 0.2) is 0 Å². The van der Waals surface area contributed by atoms with E-state index in [0.29, 0.717) is 15.5 Å². The van der Waals surface area contributed by atoms with Crippen molar-refractivity contribution in [2.75, 3.05) is 12.0 Å². The van der Waals surface area contributed by atoms with E-state index in [-0.39, 0.29) is 5.82 Å².